The third-order valence-corrected chi connectivity index (χ3v) is 5.15. The van der Waals surface area contributed by atoms with Crippen molar-refractivity contribution in [1.29, 1.82) is 0 Å². The third kappa shape index (κ3) is 6.31. The van der Waals surface area contributed by atoms with Crippen LogP contribution in [0.2, 0.25) is 0 Å². The molecule has 3 aromatic rings. The summed E-state index contributed by atoms with van der Waals surface area (Å²) in [6.45, 7) is 4.74. The SMILES string of the molecule is CCOC(C)OCC(CC#CC(=O)Oc1ccccc1)(c1ccccc1)c1ccccc1. The van der Waals surface area contributed by atoms with Crippen molar-refractivity contribution in [2.75, 3.05) is 13.2 Å². The number of para-hydroxylation sites is 1. The molecule has 1 atom stereocenters. The van der Waals surface area contributed by atoms with E-state index in [0.717, 1.165) is 11.1 Å². The smallest absolute Gasteiger partial charge is 0.389 e. The van der Waals surface area contributed by atoms with Gasteiger partial charge in [-0.05, 0) is 37.1 Å². The van der Waals surface area contributed by atoms with Gasteiger partial charge in [-0.2, -0.15) is 0 Å². The Balaban J connectivity index is 1.91. The average molecular weight is 429 g/mol. The molecule has 0 N–H and O–H groups in total. The molecule has 0 spiro atoms. The van der Waals surface area contributed by atoms with Crippen LogP contribution in [-0.4, -0.2) is 25.5 Å². The minimum atomic E-state index is -0.588. The molecule has 0 bridgehead atoms. The molecule has 4 nitrogen and oxygen atoms in total. The average Bonchev–Trinajstić information content (AvgIpc) is 2.83. The van der Waals surface area contributed by atoms with Gasteiger partial charge in [0.1, 0.15) is 5.75 Å². The molecule has 3 rings (SSSR count). The molecule has 4 heteroatoms. The summed E-state index contributed by atoms with van der Waals surface area (Å²) < 4.78 is 17.0. The summed E-state index contributed by atoms with van der Waals surface area (Å²) in [6.07, 6.45) is 0.0202. The van der Waals surface area contributed by atoms with Gasteiger partial charge in [-0.1, -0.05) is 84.8 Å². The Kier molecular flexibility index (Phi) is 8.62. The molecule has 0 aliphatic carbocycles. The Morgan fingerprint density at radius 1 is 0.844 bits per heavy atom. The predicted octanol–water partition coefficient (Wildman–Crippen LogP) is 5.37. The lowest BCUT2D eigenvalue weighted by molar-refractivity contribution is -0.135. The number of hydrogen-bond donors (Lipinski definition) is 0. The van der Waals surface area contributed by atoms with Crippen LogP contribution in [-0.2, 0) is 19.7 Å². The van der Waals surface area contributed by atoms with Crippen molar-refractivity contribution in [3.8, 4) is 17.6 Å². The first kappa shape index (κ1) is 23.3. The molecule has 0 amide bonds. The lowest BCUT2D eigenvalue weighted by atomic mass is 9.72. The first-order chi connectivity index (χ1) is 15.6. The zero-order chi connectivity index (χ0) is 22.7. The van der Waals surface area contributed by atoms with Gasteiger partial charge < -0.3 is 14.2 Å². The Hall–Kier alpha value is -3.39. The fourth-order valence-corrected chi connectivity index (χ4v) is 3.53. The van der Waals surface area contributed by atoms with Gasteiger partial charge >= 0.3 is 5.97 Å². The largest absolute Gasteiger partial charge is 0.417 e. The third-order valence-electron chi connectivity index (χ3n) is 5.15. The quantitative estimate of drug-likeness (QED) is 0.151. The van der Waals surface area contributed by atoms with Crippen LogP contribution in [0.1, 0.15) is 31.4 Å². The Morgan fingerprint density at radius 2 is 1.38 bits per heavy atom. The maximum atomic E-state index is 12.3. The second-order valence-corrected chi connectivity index (χ2v) is 7.33. The molecule has 0 fully saturated rings. The normalized spacial score (nSPS) is 11.8. The molecule has 0 heterocycles. The van der Waals surface area contributed by atoms with Crippen LogP contribution in [0.15, 0.2) is 91.0 Å². The van der Waals surface area contributed by atoms with Gasteiger partial charge in [0.2, 0.25) is 0 Å². The lowest BCUT2D eigenvalue weighted by Gasteiger charge is -2.34. The number of carbonyl (C=O) groups is 1. The summed E-state index contributed by atoms with van der Waals surface area (Å²) in [6, 6.07) is 29.1. The first-order valence-electron chi connectivity index (χ1n) is 10.7. The van der Waals surface area contributed by atoms with Crippen molar-refractivity contribution >= 4 is 5.97 Å². The minimum Gasteiger partial charge on any atom is -0.417 e. The van der Waals surface area contributed by atoms with Crippen LogP contribution in [0.25, 0.3) is 0 Å². The van der Waals surface area contributed by atoms with E-state index in [1.807, 2.05) is 68.4 Å². The van der Waals surface area contributed by atoms with E-state index in [-0.39, 0.29) is 6.29 Å². The summed E-state index contributed by atoms with van der Waals surface area (Å²) >= 11 is 0. The van der Waals surface area contributed by atoms with Crippen molar-refractivity contribution < 1.29 is 19.0 Å². The van der Waals surface area contributed by atoms with E-state index in [2.05, 4.69) is 36.1 Å². The fraction of sp³-hybridized carbons (Fsp3) is 0.250. The van der Waals surface area contributed by atoms with E-state index in [4.69, 9.17) is 14.2 Å². The van der Waals surface area contributed by atoms with E-state index in [0.29, 0.717) is 25.4 Å². The van der Waals surface area contributed by atoms with Crippen molar-refractivity contribution in [1.82, 2.24) is 0 Å². The second kappa shape index (κ2) is 11.9. The summed E-state index contributed by atoms with van der Waals surface area (Å²) in [5, 5.41) is 0. The molecule has 164 valence electrons. The van der Waals surface area contributed by atoms with Crippen LogP contribution in [0.3, 0.4) is 0 Å². The Morgan fingerprint density at radius 3 is 1.91 bits per heavy atom. The summed E-state index contributed by atoms with van der Waals surface area (Å²) in [7, 11) is 0. The number of esters is 1. The highest BCUT2D eigenvalue weighted by molar-refractivity contribution is 5.90. The fourth-order valence-electron chi connectivity index (χ4n) is 3.53. The molecule has 32 heavy (non-hydrogen) atoms. The van der Waals surface area contributed by atoms with Crippen molar-refractivity contribution in [3.63, 3.8) is 0 Å². The van der Waals surface area contributed by atoms with Gasteiger partial charge in [-0.15, -0.1) is 0 Å². The molecule has 0 radical (unpaired) electrons. The molecule has 0 aliphatic rings. The summed E-state index contributed by atoms with van der Waals surface area (Å²) in [4.78, 5) is 12.3. The van der Waals surface area contributed by atoms with Crippen LogP contribution in [0.5, 0.6) is 5.75 Å². The van der Waals surface area contributed by atoms with E-state index >= 15 is 0 Å². The van der Waals surface area contributed by atoms with Crippen molar-refractivity contribution in [2.45, 2.75) is 32.0 Å². The van der Waals surface area contributed by atoms with E-state index in [9.17, 15) is 4.79 Å². The van der Waals surface area contributed by atoms with Gasteiger partial charge in [0.05, 0.1) is 12.0 Å². The number of ether oxygens (including phenoxy) is 3. The monoisotopic (exact) mass is 428 g/mol. The highest BCUT2D eigenvalue weighted by Crippen LogP contribution is 2.36. The van der Waals surface area contributed by atoms with Crippen LogP contribution in [0, 0.1) is 11.8 Å². The van der Waals surface area contributed by atoms with E-state index in [1.165, 1.54) is 0 Å². The van der Waals surface area contributed by atoms with Gasteiger partial charge in [0.25, 0.3) is 0 Å². The number of carbonyl (C=O) groups excluding carboxylic acids is 1. The maximum absolute atomic E-state index is 12.3. The second-order valence-electron chi connectivity index (χ2n) is 7.33. The highest BCUT2D eigenvalue weighted by atomic mass is 16.7. The molecule has 1 unspecified atom stereocenters. The van der Waals surface area contributed by atoms with Gasteiger partial charge in [-0.25, -0.2) is 4.79 Å². The van der Waals surface area contributed by atoms with Crippen LogP contribution in [0.4, 0.5) is 0 Å². The molecule has 0 saturated carbocycles. The standard InChI is InChI=1S/C28H28O4/c1-3-30-23(2)31-22-28(24-14-7-4-8-15-24,25-16-9-5-10-17-25)21-13-20-27(29)32-26-18-11-6-12-19-26/h4-12,14-19,23H,3,21-22H2,1-2H3. The Labute approximate surface area is 190 Å². The minimum absolute atomic E-state index is 0.352. The van der Waals surface area contributed by atoms with Gasteiger partial charge in [0.15, 0.2) is 6.29 Å². The lowest BCUT2D eigenvalue weighted by Crippen LogP contribution is -2.35. The van der Waals surface area contributed by atoms with Crippen molar-refractivity contribution in [3.05, 3.63) is 102 Å². The topological polar surface area (TPSA) is 44.8 Å². The van der Waals surface area contributed by atoms with Crippen molar-refractivity contribution in [2.24, 2.45) is 0 Å². The van der Waals surface area contributed by atoms with Gasteiger partial charge in [0, 0.05) is 18.9 Å². The summed E-state index contributed by atoms with van der Waals surface area (Å²) in [5.74, 6) is 5.58. The number of rotatable bonds is 9. The maximum Gasteiger partial charge on any atom is 0.389 e. The zero-order valence-electron chi connectivity index (χ0n) is 18.5. The molecule has 0 saturated heterocycles. The molecule has 0 aromatic heterocycles. The van der Waals surface area contributed by atoms with Crippen LogP contribution < -0.4 is 4.74 Å². The molecular formula is C28H28O4. The van der Waals surface area contributed by atoms with E-state index < -0.39 is 11.4 Å². The highest BCUT2D eigenvalue weighted by Gasteiger charge is 2.34. The van der Waals surface area contributed by atoms with E-state index in [1.54, 1.807) is 12.1 Å². The Bertz CT molecular complexity index is 981. The van der Waals surface area contributed by atoms with Gasteiger partial charge in [-0.3, -0.25) is 0 Å². The molecule has 0 aliphatic heterocycles. The predicted molar refractivity (Wildman–Crippen MR) is 125 cm³/mol. The zero-order valence-corrected chi connectivity index (χ0v) is 18.5. The molecular weight excluding hydrogens is 400 g/mol. The van der Waals surface area contributed by atoms with Crippen LogP contribution >= 0.6 is 0 Å². The first-order valence-corrected chi connectivity index (χ1v) is 10.7. The molecule has 3 aromatic carbocycles. The number of benzene rings is 3. The summed E-state index contributed by atoms with van der Waals surface area (Å²) in [5.41, 5.74) is 1.54. The number of hydrogen-bond acceptors (Lipinski definition) is 4.